The molecule has 0 aliphatic carbocycles. The number of aliphatic hydroxyl groups excluding tert-OH is 1. The van der Waals surface area contributed by atoms with Crippen molar-refractivity contribution in [3.05, 3.63) is 95.3 Å². The fourth-order valence-corrected chi connectivity index (χ4v) is 4.07. The second-order valence-corrected chi connectivity index (χ2v) is 8.51. The maximum Gasteiger partial charge on any atom is 0.177 e. The van der Waals surface area contributed by atoms with E-state index in [4.69, 9.17) is 16.2 Å². The van der Waals surface area contributed by atoms with Crippen molar-refractivity contribution < 1.29 is 14.6 Å². The summed E-state index contributed by atoms with van der Waals surface area (Å²) in [7, 11) is 0. The van der Waals surface area contributed by atoms with Crippen LogP contribution in [0.2, 0.25) is 0 Å². The predicted molar refractivity (Wildman–Crippen MR) is 130 cm³/mol. The fraction of sp³-hybridized carbons (Fsp3) is 0.333. The minimum Gasteiger partial charge on any atom is -0.484 e. The number of rotatable bonds is 11. The number of nitrogens with zero attached hydrogens (tertiary/aromatic N) is 1. The molecule has 0 radical (unpaired) electrons. The van der Waals surface area contributed by atoms with Crippen LogP contribution >= 0.6 is 0 Å². The van der Waals surface area contributed by atoms with Gasteiger partial charge in [-0.1, -0.05) is 60.7 Å². The molecule has 1 unspecified atom stereocenters. The molecule has 0 saturated carbocycles. The van der Waals surface area contributed by atoms with Crippen molar-refractivity contribution in [3.63, 3.8) is 0 Å². The maximum absolute atomic E-state index is 13.3. The molecule has 1 aromatic heterocycles. The largest absolute Gasteiger partial charge is 0.484 e. The van der Waals surface area contributed by atoms with Crippen LogP contribution in [0.15, 0.2) is 72.8 Å². The van der Waals surface area contributed by atoms with Crippen molar-refractivity contribution in [2.24, 2.45) is 17.4 Å². The van der Waals surface area contributed by atoms with Crippen LogP contribution in [0.3, 0.4) is 0 Å². The molecule has 0 amide bonds. The third-order valence-corrected chi connectivity index (χ3v) is 5.79. The van der Waals surface area contributed by atoms with Crippen LogP contribution in [0.1, 0.15) is 35.0 Å². The normalized spacial score (nSPS) is 14.8. The summed E-state index contributed by atoms with van der Waals surface area (Å²) >= 11 is 0. The van der Waals surface area contributed by atoms with Crippen LogP contribution in [0.4, 0.5) is 0 Å². The van der Waals surface area contributed by atoms with E-state index < -0.39 is 18.1 Å². The number of carbonyl (C=O) groups is 1. The molecule has 1 heterocycles. The Morgan fingerprint density at radius 3 is 2.24 bits per heavy atom. The molecule has 3 rings (SSSR count). The quantitative estimate of drug-likeness (QED) is 0.416. The lowest BCUT2D eigenvalue weighted by Gasteiger charge is -2.29. The van der Waals surface area contributed by atoms with Crippen molar-refractivity contribution >= 4 is 5.78 Å². The number of carbonyl (C=O) groups excluding carboxylic acids is 1. The zero-order chi connectivity index (χ0) is 23.8. The second-order valence-electron chi connectivity index (χ2n) is 8.51. The van der Waals surface area contributed by atoms with Gasteiger partial charge in [0.15, 0.2) is 5.78 Å². The Bertz CT molecular complexity index is 1030. The number of Topliss-reactive ketones (excluding diaryl/α,β-unsaturated/α-hetero) is 1. The van der Waals surface area contributed by atoms with Gasteiger partial charge in [0.2, 0.25) is 0 Å². The summed E-state index contributed by atoms with van der Waals surface area (Å²) in [4.78, 5) is 17.6. The van der Waals surface area contributed by atoms with Gasteiger partial charge in [-0.25, -0.2) is 0 Å². The highest BCUT2D eigenvalue weighted by molar-refractivity contribution is 5.84. The smallest absolute Gasteiger partial charge is 0.177 e. The minimum absolute atomic E-state index is 0.207. The van der Waals surface area contributed by atoms with E-state index in [-0.39, 0.29) is 24.9 Å². The number of hydrogen-bond donors (Lipinski definition) is 3. The van der Waals surface area contributed by atoms with Crippen molar-refractivity contribution in [3.8, 4) is 5.75 Å². The van der Waals surface area contributed by atoms with E-state index in [0.29, 0.717) is 17.9 Å². The molecule has 174 valence electrons. The van der Waals surface area contributed by atoms with Crippen LogP contribution in [0, 0.1) is 19.8 Å². The van der Waals surface area contributed by atoms with Crippen LogP contribution in [0.5, 0.6) is 5.75 Å². The van der Waals surface area contributed by atoms with Gasteiger partial charge in [0.25, 0.3) is 0 Å². The summed E-state index contributed by atoms with van der Waals surface area (Å²) in [5, 5.41) is 11.1. The molecule has 0 aliphatic heterocycles. The van der Waals surface area contributed by atoms with Crippen LogP contribution in [-0.4, -0.2) is 34.6 Å². The number of hydrogen-bond acceptors (Lipinski definition) is 6. The number of aliphatic hydroxyl groups is 1. The van der Waals surface area contributed by atoms with E-state index >= 15 is 0 Å². The van der Waals surface area contributed by atoms with Crippen LogP contribution in [-0.2, 0) is 11.2 Å². The molecule has 0 saturated heterocycles. The van der Waals surface area contributed by atoms with Crippen molar-refractivity contribution in [1.29, 1.82) is 0 Å². The number of aryl methyl sites for hydroxylation is 2. The van der Waals surface area contributed by atoms with Gasteiger partial charge in [-0.15, -0.1) is 0 Å². The zero-order valence-electron chi connectivity index (χ0n) is 19.2. The second kappa shape index (κ2) is 11.7. The molecule has 3 aromatic rings. The Hall–Kier alpha value is -3.06. The Balaban J connectivity index is 1.74. The van der Waals surface area contributed by atoms with Crippen molar-refractivity contribution in [1.82, 2.24) is 4.98 Å². The summed E-state index contributed by atoms with van der Waals surface area (Å²) < 4.78 is 5.76. The molecule has 6 nitrogen and oxygen atoms in total. The topological polar surface area (TPSA) is 111 Å². The molecule has 0 aliphatic rings. The standard InChI is InChI=1S/C27H33N3O3/c1-18-13-14-25(19(2)30-18)33-17-24(32)26(27(29)21-11-7-4-8-12-21)23(31)16-22(28)15-20-9-5-3-6-10-20/h3-14,22-23,26-27,31H,15-17,28-29H2,1-2H3/t22-,23-,26-,27?/m0/s1. The Kier molecular flexibility index (Phi) is 8.72. The summed E-state index contributed by atoms with van der Waals surface area (Å²) in [6, 6.07) is 21.8. The SMILES string of the molecule is Cc1ccc(OCC(=O)[C@@H](C(N)c2ccccc2)[C@@H](O)C[C@@H](N)Cc2ccccc2)c(C)n1. The Morgan fingerprint density at radius 2 is 1.61 bits per heavy atom. The van der Waals surface area contributed by atoms with E-state index in [0.717, 1.165) is 16.8 Å². The first-order chi connectivity index (χ1) is 15.8. The van der Waals surface area contributed by atoms with Gasteiger partial charge in [0.1, 0.15) is 12.4 Å². The number of aromatic nitrogens is 1. The molecular weight excluding hydrogens is 414 g/mol. The average molecular weight is 448 g/mol. The first kappa shape index (κ1) is 24.6. The van der Waals surface area contributed by atoms with Gasteiger partial charge < -0.3 is 21.3 Å². The molecule has 0 bridgehead atoms. The number of nitrogens with two attached hydrogens (primary N) is 2. The van der Waals surface area contributed by atoms with E-state index in [1.54, 1.807) is 6.07 Å². The monoisotopic (exact) mass is 447 g/mol. The highest BCUT2D eigenvalue weighted by atomic mass is 16.5. The lowest BCUT2D eigenvalue weighted by molar-refractivity contribution is -0.129. The molecule has 0 fully saturated rings. The first-order valence-electron chi connectivity index (χ1n) is 11.2. The fourth-order valence-electron chi connectivity index (χ4n) is 4.07. The molecular formula is C27H33N3O3. The third kappa shape index (κ3) is 6.96. The molecule has 5 N–H and O–H groups in total. The number of benzene rings is 2. The van der Waals surface area contributed by atoms with Crippen LogP contribution < -0.4 is 16.2 Å². The van der Waals surface area contributed by atoms with Gasteiger partial charge in [-0.05, 0) is 49.9 Å². The average Bonchev–Trinajstić information content (AvgIpc) is 2.79. The summed E-state index contributed by atoms with van der Waals surface area (Å²) in [5.41, 5.74) is 16.3. The zero-order valence-corrected chi connectivity index (χ0v) is 19.2. The van der Waals surface area contributed by atoms with Crippen molar-refractivity contribution in [2.75, 3.05) is 6.61 Å². The van der Waals surface area contributed by atoms with E-state index in [9.17, 15) is 9.90 Å². The highest BCUT2D eigenvalue weighted by Crippen LogP contribution is 2.27. The van der Waals surface area contributed by atoms with Gasteiger partial charge in [-0.2, -0.15) is 0 Å². The third-order valence-electron chi connectivity index (χ3n) is 5.79. The van der Waals surface area contributed by atoms with E-state index in [2.05, 4.69) is 4.98 Å². The lowest BCUT2D eigenvalue weighted by atomic mass is 9.83. The number of pyridine rings is 1. The lowest BCUT2D eigenvalue weighted by Crippen LogP contribution is -2.43. The van der Waals surface area contributed by atoms with Gasteiger partial charge in [0.05, 0.1) is 17.7 Å². The van der Waals surface area contributed by atoms with Gasteiger partial charge in [0, 0.05) is 17.8 Å². The highest BCUT2D eigenvalue weighted by Gasteiger charge is 2.34. The van der Waals surface area contributed by atoms with Gasteiger partial charge in [-0.3, -0.25) is 9.78 Å². The minimum atomic E-state index is -1.01. The Morgan fingerprint density at radius 1 is 0.970 bits per heavy atom. The number of ether oxygens (including phenoxy) is 1. The molecule has 4 atom stereocenters. The van der Waals surface area contributed by atoms with E-state index in [1.807, 2.05) is 80.6 Å². The maximum atomic E-state index is 13.3. The summed E-state index contributed by atoms with van der Waals surface area (Å²) in [5.74, 6) is -0.588. The van der Waals surface area contributed by atoms with Crippen LogP contribution in [0.25, 0.3) is 0 Å². The Labute approximate surface area is 195 Å². The molecule has 6 heteroatoms. The molecule has 33 heavy (non-hydrogen) atoms. The molecule has 0 spiro atoms. The van der Waals surface area contributed by atoms with E-state index in [1.165, 1.54) is 0 Å². The first-order valence-corrected chi connectivity index (χ1v) is 11.2. The predicted octanol–water partition coefficient (Wildman–Crippen LogP) is 3.28. The number of ketones is 1. The molecule has 2 aromatic carbocycles. The summed E-state index contributed by atoms with van der Waals surface area (Å²) in [6.07, 6.45) is -0.159. The van der Waals surface area contributed by atoms with Crippen molar-refractivity contribution in [2.45, 2.75) is 44.9 Å². The summed E-state index contributed by atoms with van der Waals surface area (Å²) in [6.45, 7) is 3.52. The van der Waals surface area contributed by atoms with Gasteiger partial charge >= 0.3 is 0 Å².